The molecule has 2 aromatic carbocycles. The molecule has 4 N–H and O–H groups in total. The number of rotatable bonds is 5. The van der Waals surface area contributed by atoms with Crippen LogP contribution in [0.25, 0.3) is 21.8 Å². The fraction of sp³-hybridized carbons (Fsp3) is 0.350. The van der Waals surface area contributed by atoms with Gasteiger partial charge in [-0.25, -0.2) is 0 Å². The van der Waals surface area contributed by atoms with Gasteiger partial charge in [0.05, 0.1) is 6.04 Å². The van der Waals surface area contributed by atoms with Gasteiger partial charge in [0.2, 0.25) is 5.91 Å². The van der Waals surface area contributed by atoms with Crippen molar-refractivity contribution in [1.29, 1.82) is 0 Å². The highest BCUT2D eigenvalue weighted by atomic mass is 16.2. The maximum atomic E-state index is 12.2. The van der Waals surface area contributed by atoms with Crippen molar-refractivity contribution in [2.24, 2.45) is 11.7 Å². The molecule has 0 saturated heterocycles. The number of carbonyl (C=O) groups is 1. The standard InChI is InChI=1S/C20H25N3O/c1-4-13-6-5-7-16-15-9-8-14(11-18(15)23-19(13)16)22-20(24)17(21)10-12(2)3/h5-9,11-12,17,23H,4,10,21H2,1-3H3,(H,22,24)/t17-/m0/s1. The van der Waals surface area contributed by atoms with E-state index >= 15 is 0 Å². The van der Waals surface area contributed by atoms with E-state index < -0.39 is 6.04 Å². The minimum atomic E-state index is -0.477. The zero-order valence-corrected chi connectivity index (χ0v) is 14.5. The van der Waals surface area contributed by atoms with Gasteiger partial charge < -0.3 is 16.0 Å². The minimum absolute atomic E-state index is 0.131. The number of aromatic amines is 1. The summed E-state index contributed by atoms with van der Waals surface area (Å²) in [5, 5.41) is 5.32. The summed E-state index contributed by atoms with van der Waals surface area (Å²) in [6, 6.07) is 11.9. The largest absolute Gasteiger partial charge is 0.354 e. The Kier molecular flexibility index (Phi) is 4.58. The van der Waals surface area contributed by atoms with Crippen LogP contribution in [0.4, 0.5) is 5.69 Å². The molecule has 0 unspecified atom stereocenters. The van der Waals surface area contributed by atoms with E-state index in [0.29, 0.717) is 12.3 Å². The molecule has 1 aromatic heterocycles. The van der Waals surface area contributed by atoms with Crippen molar-refractivity contribution in [3.05, 3.63) is 42.0 Å². The topological polar surface area (TPSA) is 70.9 Å². The average Bonchev–Trinajstić information content (AvgIpc) is 2.91. The van der Waals surface area contributed by atoms with E-state index in [1.165, 1.54) is 21.9 Å². The lowest BCUT2D eigenvalue weighted by Gasteiger charge is -2.14. The molecule has 0 aliphatic rings. The van der Waals surface area contributed by atoms with Gasteiger partial charge in [0, 0.05) is 27.5 Å². The van der Waals surface area contributed by atoms with Gasteiger partial charge in [-0.3, -0.25) is 4.79 Å². The maximum Gasteiger partial charge on any atom is 0.241 e. The van der Waals surface area contributed by atoms with E-state index in [1.807, 2.05) is 12.1 Å². The summed E-state index contributed by atoms with van der Waals surface area (Å²) in [5.74, 6) is 0.266. The lowest BCUT2D eigenvalue weighted by molar-refractivity contribution is -0.117. The van der Waals surface area contributed by atoms with Gasteiger partial charge in [0.25, 0.3) is 0 Å². The molecule has 0 radical (unpaired) electrons. The smallest absolute Gasteiger partial charge is 0.241 e. The second-order valence-electron chi connectivity index (χ2n) is 6.80. The monoisotopic (exact) mass is 323 g/mol. The highest BCUT2D eigenvalue weighted by Gasteiger charge is 2.15. The number of nitrogens with one attached hydrogen (secondary N) is 2. The first kappa shape index (κ1) is 16.5. The molecule has 0 aliphatic heterocycles. The first-order chi connectivity index (χ1) is 11.5. The fourth-order valence-corrected chi connectivity index (χ4v) is 3.21. The third-order valence-corrected chi connectivity index (χ3v) is 4.43. The summed E-state index contributed by atoms with van der Waals surface area (Å²) >= 11 is 0. The summed E-state index contributed by atoms with van der Waals surface area (Å²) in [4.78, 5) is 15.7. The van der Waals surface area contributed by atoms with Crippen LogP contribution in [-0.2, 0) is 11.2 Å². The van der Waals surface area contributed by atoms with Crippen LogP contribution < -0.4 is 11.1 Å². The number of nitrogens with two attached hydrogens (primary N) is 1. The van der Waals surface area contributed by atoms with Crippen LogP contribution in [0, 0.1) is 5.92 Å². The van der Waals surface area contributed by atoms with Gasteiger partial charge in [0.1, 0.15) is 0 Å². The molecule has 0 spiro atoms. The summed E-state index contributed by atoms with van der Waals surface area (Å²) < 4.78 is 0. The van der Waals surface area contributed by atoms with Gasteiger partial charge in [-0.15, -0.1) is 0 Å². The predicted molar refractivity (Wildman–Crippen MR) is 101 cm³/mol. The van der Waals surface area contributed by atoms with Crippen molar-refractivity contribution >= 4 is 33.4 Å². The Hall–Kier alpha value is -2.33. The molecule has 126 valence electrons. The summed E-state index contributed by atoms with van der Waals surface area (Å²) in [6.07, 6.45) is 1.66. The van der Waals surface area contributed by atoms with Crippen molar-refractivity contribution in [1.82, 2.24) is 4.98 Å². The molecule has 4 heteroatoms. The molecular weight excluding hydrogens is 298 g/mol. The highest BCUT2D eigenvalue weighted by Crippen LogP contribution is 2.29. The number of aromatic nitrogens is 1. The van der Waals surface area contributed by atoms with Gasteiger partial charge in [-0.1, -0.05) is 45.0 Å². The molecule has 0 aliphatic carbocycles. The molecule has 1 amide bonds. The van der Waals surface area contributed by atoms with Crippen molar-refractivity contribution in [3.63, 3.8) is 0 Å². The van der Waals surface area contributed by atoms with Crippen molar-refractivity contribution < 1.29 is 4.79 Å². The number of H-pyrrole nitrogens is 1. The zero-order valence-electron chi connectivity index (χ0n) is 14.5. The normalized spacial score (nSPS) is 12.9. The molecule has 4 nitrogen and oxygen atoms in total. The number of carbonyl (C=O) groups excluding carboxylic acids is 1. The number of benzene rings is 2. The number of anilines is 1. The van der Waals surface area contributed by atoms with Gasteiger partial charge in [-0.05, 0) is 36.5 Å². The van der Waals surface area contributed by atoms with E-state index in [1.54, 1.807) is 0 Å². The molecule has 0 saturated carbocycles. The van der Waals surface area contributed by atoms with Crippen LogP contribution in [0.1, 0.15) is 32.8 Å². The van der Waals surface area contributed by atoms with Crippen LogP contribution in [0.5, 0.6) is 0 Å². The SMILES string of the molecule is CCc1cccc2c1[nH]c1cc(NC(=O)[C@@H](N)CC(C)C)ccc12. The fourth-order valence-electron chi connectivity index (χ4n) is 3.21. The first-order valence-corrected chi connectivity index (χ1v) is 8.59. The highest BCUT2D eigenvalue weighted by molar-refractivity contribution is 6.09. The quantitative estimate of drug-likeness (QED) is 0.658. The number of aryl methyl sites for hydroxylation is 1. The number of hydrogen-bond acceptors (Lipinski definition) is 2. The van der Waals surface area contributed by atoms with E-state index in [4.69, 9.17) is 5.73 Å². The van der Waals surface area contributed by atoms with E-state index in [9.17, 15) is 4.79 Å². The minimum Gasteiger partial charge on any atom is -0.354 e. The Balaban J connectivity index is 1.91. The Morgan fingerprint density at radius 2 is 2.00 bits per heavy atom. The molecular formula is C20H25N3O. The molecule has 0 fully saturated rings. The summed E-state index contributed by atoms with van der Waals surface area (Å²) in [6.45, 7) is 6.28. The third-order valence-electron chi connectivity index (χ3n) is 4.43. The van der Waals surface area contributed by atoms with Crippen LogP contribution >= 0.6 is 0 Å². The van der Waals surface area contributed by atoms with Crippen molar-refractivity contribution in [3.8, 4) is 0 Å². The van der Waals surface area contributed by atoms with Crippen LogP contribution in [0.3, 0.4) is 0 Å². The van der Waals surface area contributed by atoms with E-state index in [2.05, 4.69) is 55.3 Å². The second kappa shape index (κ2) is 6.65. The van der Waals surface area contributed by atoms with Crippen LogP contribution in [0.2, 0.25) is 0 Å². The van der Waals surface area contributed by atoms with Crippen molar-refractivity contribution in [2.75, 3.05) is 5.32 Å². The Bertz CT molecular complexity index is 879. The van der Waals surface area contributed by atoms with E-state index in [0.717, 1.165) is 17.6 Å². The summed E-state index contributed by atoms with van der Waals surface area (Å²) in [7, 11) is 0. The molecule has 3 rings (SSSR count). The lowest BCUT2D eigenvalue weighted by Crippen LogP contribution is -2.36. The predicted octanol–water partition coefficient (Wildman–Crippen LogP) is 4.20. The molecule has 0 bridgehead atoms. The second-order valence-corrected chi connectivity index (χ2v) is 6.80. The van der Waals surface area contributed by atoms with Crippen LogP contribution in [0.15, 0.2) is 36.4 Å². The first-order valence-electron chi connectivity index (χ1n) is 8.59. The molecule has 1 atom stereocenters. The van der Waals surface area contributed by atoms with Gasteiger partial charge in [0.15, 0.2) is 0 Å². The number of para-hydroxylation sites is 1. The van der Waals surface area contributed by atoms with Crippen molar-refractivity contribution in [2.45, 2.75) is 39.7 Å². The summed E-state index contributed by atoms with van der Waals surface area (Å²) in [5.41, 5.74) is 10.2. The molecule has 1 heterocycles. The van der Waals surface area contributed by atoms with Crippen LogP contribution in [-0.4, -0.2) is 16.9 Å². The van der Waals surface area contributed by atoms with Gasteiger partial charge >= 0.3 is 0 Å². The number of fused-ring (bicyclic) bond motifs is 3. The Morgan fingerprint density at radius 1 is 1.21 bits per heavy atom. The van der Waals surface area contributed by atoms with E-state index in [-0.39, 0.29) is 5.91 Å². The average molecular weight is 323 g/mol. The Labute approximate surface area is 142 Å². The lowest BCUT2D eigenvalue weighted by atomic mass is 10.0. The Morgan fingerprint density at radius 3 is 2.71 bits per heavy atom. The molecule has 3 aromatic rings. The number of hydrogen-bond donors (Lipinski definition) is 3. The molecule has 24 heavy (non-hydrogen) atoms. The van der Waals surface area contributed by atoms with Gasteiger partial charge in [-0.2, -0.15) is 0 Å². The number of amides is 1. The third kappa shape index (κ3) is 3.15. The zero-order chi connectivity index (χ0) is 17.3. The maximum absolute atomic E-state index is 12.2.